The monoisotopic (exact) mass is 326 g/mol. The number of benzene rings is 2. The minimum atomic E-state index is -0.195. The van der Waals surface area contributed by atoms with Crippen LogP contribution in [0.1, 0.15) is 25.0 Å². The minimum absolute atomic E-state index is 0.195. The molecule has 0 saturated heterocycles. The molecule has 0 amide bonds. The Hall–Kier alpha value is -2.52. The lowest BCUT2D eigenvalue weighted by Gasteiger charge is -2.20. The smallest absolute Gasteiger partial charge is 0.201 e. The van der Waals surface area contributed by atoms with Gasteiger partial charge in [0.2, 0.25) is 6.29 Å². The number of aromatic hydroxyl groups is 1. The Morgan fingerprint density at radius 1 is 0.958 bits per heavy atom. The molecular formula is C21H26O3. The average molecular weight is 326 g/mol. The summed E-state index contributed by atoms with van der Waals surface area (Å²) in [5.41, 5.74) is 1.86. The Bertz CT molecular complexity index is 630. The molecule has 1 atom stereocenters. The second-order valence-electron chi connectivity index (χ2n) is 5.50. The van der Waals surface area contributed by atoms with E-state index in [4.69, 9.17) is 14.6 Å². The summed E-state index contributed by atoms with van der Waals surface area (Å²) in [5.74, 6) is 1.43. The summed E-state index contributed by atoms with van der Waals surface area (Å²) in [4.78, 5) is 0. The van der Waals surface area contributed by atoms with Gasteiger partial charge in [-0.25, -0.2) is 0 Å². The molecule has 0 aliphatic rings. The first kappa shape index (κ1) is 19.5. The number of hydrogen-bond donors (Lipinski definition) is 1. The second-order valence-corrected chi connectivity index (χ2v) is 5.50. The molecule has 0 heterocycles. The maximum Gasteiger partial charge on any atom is 0.201 e. The third-order valence-electron chi connectivity index (χ3n) is 3.30. The van der Waals surface area contributed by atoms with Crippen molar-refractivity contribution in [2.45, 2.75) is 20.1 Å². The zero-order chi connectivity index (χ0) is 17.9. The van der Waals surface area contributed by atoms with Crippen molar-refractivity contribution >= 4 is 12.2 Å². The Kier molecular flexibility index (Phi) is 8.37. The molecule has 0 bridgehead atoms. The number of para-hydroxylation sites is 1. The van der Waals surface area contributed by atoms with Gasteiger partial charge in [0.15, 0.2) is 0 Å². The molecule has 0 aromatic heterocycles. The van der Waals surface area contributed by atoms with E-state index in [1.165, 1.54) is 0 Å². The molecule has 0 radical (unpaired) electrons. The fourth-order valence-corrected chi connectivity index (χ4v) is 1.93. The van der Waals surface area contributed by atoms with Crippen molar-refractivity contribution < 1.29 is 14.6 Å². The zero-order valence-corrected chi connectivity index (χ0v) is 14.6. The van der Waals surface area contributed by atoms with Gasteiger partial charge < -0.3 is 14.6 Å². The number of rotatable bonds is 6. The highest BCUT2D eigenvalue weighted by Crippen LogP contribution is 2.17. The standard InChI is InChI=1S/C13H18O2.C8H8O/c1-5-11-6-8-12(9-7-11)15-13(14-4)10(2)3;1-2-7-5-3-4-6-8(7)9/h5-10,13H,1H2,2-4H3;2-6,9H,1H2. The molecule has 1 unspecified atom stereocenters. The van der Waals surface area contributed by atoms with E-state index >= 15 is 0 Å². The van der Waals surface area contributed by atoms with Crippen molar-refractivity contribution in [3.63, 3.8) is 0 Å². The number of methoxy groups -OCH3 is 1. The van der Waals surface area contributed by atoms with Crippen LogP contribution in [0.15, 0.2) is 61.7 Å². The zero-order valence-electron chi connectivity index (χ0n) is 14.6. The number of ether oxygens (including phenoxy) is 2. The van der Waals surface area contributed by atoms with Gasteiger partial charge in [0.05, 0.1) is 0 Å². The Morgan fingerprint density at radius 3 is 2.00 bits per heavy atom. The maximum atomic E-state index is 9.04. The van der Waals surface area contributed by atoms with Crippen molar-refractivity contribution in [1.29, 1.82) is 0 Å². The van der Waals surface area contributed by atoms with Gasteiger partial charge in [-0.3, -0.25) is 0 Å². The summed E-state index contributed by atoms with van der Waals surface area (Å²) >= 11 is 0. The normalized spacial score (nSPS) is 11.2. The number of phenols is 1. The van der Waals surface area contributed by atoms with Gasteiger partial charge in [0.1, 0.15) is 11.5 Å². The molecule has 0 saturated carbocycles. The van der Waals surface area contributed by atoms with Crippen LogP contribution < -0.4 is 4.74 Å². The quantitative estimate of drug-likeness (QED) is 0.725. The molecule has 0 fully saturated rings. The van der Waals surface area contributed by atoms with E-state index in [2.05, 4.69) is 27.0 Å². The second kappa shape index (κ2) is 10.3. The van der Waals surface area contributed by atoms with Gasteiger partial charge in [-0.05, 0) is 23.8 Å². The molecular weight excluding hydrogens is 300 g/mol. The van der Waals surface area contributed by atoms with Crippen molar-refractivity contribution in [2.24, 2.45) is 5.92 Å². The van der Waals surface area contributed by atoms with Crippen LogP contribution in [0.5, 0.6) is 11.5 Å². The van der Waals surface area contributed by atoms with Crippen LogP contribution in [-0.2, 0) is 4.74 Å². The van der Waals surface area contributed by atoms with Gasteiger partial charge >= 0.3 is 0 Å². The topological polar surface area (TPSA) is 38.7 Å². The summed E-state index contributed by atoms with van der Waals surface area (Å²) in [6, 6.07) is 14.9. The fraction of sp³-hybridized carbons (Fsp3) is 0.238. The summed E-state index contributed by atoms with van der Waals surface area (Å²) in [6.07, 6.45) is 3.23. The van der Waals surface area contributed by atoms with Crippen molar-refractivity contribution in [2.75, 3.05) is 7.11 Å². The van der Waals surface area contributed by atoms with E-state index in [0.717, 1.165) is 16.9 Å². The average Bonchev–Trinajstić information content (AvgIpc) is 2.61. The van der Waals surface area contributed by atoms with Crippen LogP contribution in [0, 0.1) is 5.92 Å². The lowest BCUT2D eigenvalue weighted by atomic mass is 10.2. The predicted molar refractivity (Wildman–Crippen MR) is 101 cm³/mol. The van der Waals surface area contributed by atoms with E-state index in [0.29, 0.717) is 5.92 Å². The van der Waals surface area contributed by atoms with E-state index < -0.39 is 0 Å². The largest absolute Gasteiger partial charge is 0.507 e. The first-order valence-corrected chi connectivity index (χ1v) is 7.84. The van der Waals surface area contributed by atoms with Gasteiger partial charge in [-0.2, -0.15) is 0 Å². The molecule has 24 heavy (non-hydrogen) atoms. The molecule has 3 nitrogen and oxygen atoms in total. The van der Waals surface area contributed by atoms with E-state index in [-0.39, 0.29) is 12.0 Å². The lowest BCUT2D eigenvalue weighted by Crippen LogP contribution is -2.24. The van der Waals surface area contributed by atoms with Gasteiger partial charge in [-0.15, -0.1) is 0 Å². The predicted octanol–water partition coefficient (Wildman–Crippen LogP) is 5.37. The van der Waals surface area contributed by atoms with Crippen LogP contribution in [0.3, 0.4) is 0 Å². The van der Waals surface area contributed by atoms with Crippen LogP contribution in [0.25, 0.3) is 12.2 Å². The molecule has 128 valence electrons. The third-order valence-corrected chi connectivity index (χ3v) is 3.30. The Morgan fingerprint density at radius 2 is 1.58 bits per heavy atom. The number of hydrogen-bond acceptors (Lipinski definition) is 3. The molecule has 0 spiro atoms. The van der Waals surface area contributed by atoms with E-state index in [9.17, 15) is 0 Å². The third kappa shape index (κ3) is 6.31. The lowest BCUT2D eigenvalue weighted by molar-refractivity contribution is -0.0833. The van der Waals surface area contributed by atoms with Crippen molar-refractivity contribution in [1.82, 2.24) is 0 Å². The summed E-state index contributed by atoms with van der Waals surface area (Å²) in [5, 5.41) is 9.04. The van der Waals surface area contributed by atoms with E-state index in [1.807, 2.05) is 36.4 Å². The number of phenolic OH excluding ortho intramolecular Hbond substituents is 1. The molecule has 0 aliphatic carbocycles. The molecule has 3 heteroatoms. The van der Waals surface area contributed by atoms with Crippen molar-refractivity contribution in [3.8, 4) is 11.5 Å². The highest BCUT2D eigenvalue weighted by Gasteiger charge is 2.13. The summed E-state index contributed by atoms with van der Waals surface area (Å²) in [7, 11) is 1.66. The molecule has 2 aromatic carbocycles. The van der Waals surface area contributed by atoms with Crippen LogP contribution >= 0.6 is 0 Å². The van der Waals surface area contributed by atoms with Crippen molar-refractivity contribution in [3.05, 3.63) is 72.8 Å². The minimum Gasteiger partial charge on any atom is -0.507 e. The fourth-order valence-electron chi connectivity index (χ4n) is 1.93. The SMILES string of the molecule is C=Cc1ccc(OC(OC)C(C)C)cc1.C=Cc1ccccc1O. The molecule has 2 aromatic rings. The Balaban J connectivity index is 0.000000272. The Labute approximate surface area is 144 Å². The van der Waals surface area contributed by atoms with Crippen LogP contribution in [0.4, 0.5) is 0 Å². The molecule has 1 N–H and O–H groups in total. The maximum absolute atomic E-state index is 9.04. The molecule has 0 aliphatic heterocycles. The van der Waals surface area contributed by atoms with Gasteiger partial charge in [-0.1, -0.05) is 69.5 Å². The van der Waals surface area contributed by atoms with E-state index in [1.54, 1.807) is 31.4 Å². The summed E-state index contributed by atoms with van der Waals surface area (Å²) < 4.78 is 10.9. The molecule has 2 rings (SSSR count). The first-order chi connectivity index (χ1) is 11.5. The highest BCUT2D eigenvalue weighted by atomic mass is 16.7. The van der Waals surface area contributed by atoms with Crippen LogP contribution in [0.2, 0.25) is 0 Å². The van der Waals surface area contributed by atoms with Gasteiger partial charge in [0.25, 0.3) is 0 Å². The summed E-state index contributed by atoms with van der Waals surface area (Å²) in [6.45, 7) is 11.4. The van der Waals surface area contributed by atoms with Gasteiger partial charge in [0, 0.05) is 18.6 Å². The first-order valence-electron chi connectivity index (χ1n) is 7.84. The highest BCUT2D eigenvalue weighted by molar-refractivity contribution is 5.54. The van der Waals surface area contributed by atoms with Crippen LogP contribution in [-0.4, -0.2) is 18.5 Å².